The maximum absolute atomic E-state index is 13.1. The number of nitrogens with zero attached hydrogens (tertiary/aromatic N) is 3. The first kappa shape index (κ1) is 20.6. The van der Waals surface area contributed by atoms with Gasteiger partial charge in [0.05, 0.1) is 12.1 Å². The van der Waals surface area contributed by atoms with Crippen LogP contribution >= 0.6 is 0 Å². The van der Waals surface area contributed by atoms with Crippen molar-refractivity contribution in [3.8, 4) is 0 Å². The summed E-state index contributed by atoms with van der Waals surface area (Å²) >= 11 is 0. The SMILES string of the molecule is CCCN(C(=O)C1CCN(S(=O)(=O)N(C)C)CC1)C1CCCCC1O. The molecular weight excluding hydrogens is 342 g/mol. The van der Waals surface area contributed by atoms with Crippen molar-refractivity contribution in [3.63, 3.8) is 0 Å². The molecule has 1 amide bonds. The summed E-state index contributed by atoms with van der Waals surface area (Å²) in [6.45, 7) is 3.47. The summed E-state index contributed by atoms with van der Waals surface area (Å²) in [5, 5.41) is 10.3. The van der Waals surface area contributed by atoms with Crippen molar-refractivity contribution in [1.29, 1.82) is 0 Å². The van der Waals surface area contributed by atoms with E-state index in [-0.39, 0.29) is 17.9 Å². The van der Waals surface area contributed by atoms with Crippen LogP contribution in [0.5, 0.6) is 0 Å². The smallest absolute Gasteiger partial charge is 0.281 e. The lowest BCUT2D eigenvalue weighted by atomic mass is 9.89. The van der Waals surface area contributed by atoms with Crippen molar-refractivity contribution in [2.45, 2.75) is 64.0 Å². The van der Waals surface area contributed by atoms with Crippen LogP contribution in [0.25, 0.3) is 0 Å². The highest BCUT2D eigenvalue weighted by molar-refractivity contribution is 7.86. The van der Waals surface area contributed by atoms with Crippen LogP contribution in [0, 0.1) is 5.92 Å². The van der Waals surface area contributed by atoms with Crippen molar-refractivity contribution in [2.75, 3.05) is 33.7 Å². The second-order valence-electron chi connectivity index (χ2n) is 7.41. The zero-order valence-electron chi connectivity index (χ0n) is 15.7. The quantitative estimate of drug-likeness (QED) is 0.752. The van der Waals surface area contributed by atoms with Gasteiger partial charge in [0.2, 0.25) is 5.91 Å². The first-order valence-corrected chi connectivity index (χ1v) is 10.8. The molecular formula is C17H33N3O4S. The van der Waals surface area contributed by atoms with Gasteiger partial charge in [-0.15, -0.1) is 0 Å². The Labute approximate surface area is 152 Å². The molecule has 2 unspecified atom stereocenters. The number of amides is 1. The van der Waals surface area contributed by atoms with Crippen LogP contribution in [0.3, 0.4) is 0 Å². The van der Waals surface area contributed by atoms with Crippen LogP contribution in [0.4, 0.5) is 0 Å². The lowest BCUT2D eigenvalue weighted by Gasteiger charge is -2.41. The molecule has 2 fully saturated rings. The van der Waals surface area contributed by atoms with Gasteiger partial charge in [-0.2, -0.15) is 17.0 Å². The maximum atomic E-state index is 13.1. The van der Waals surface area contributed by atoms with Gasteiger partial charge < -0.3 is 10.0 Å². The number of carbonyl (C=O) groups is 1. The molecule has 1 heterocycles. The zero-order valence-corrected chi connectivity index (χ0v) is 16.5. The van der Waals surface area contributed by atoms with Crippen LogP contribution in [0.2, 0.25) is 0 Å². The molecule has 0 aromatic heterocycles. The molecule has 2 atom stereocenters. The second kappa shape index (κ2) is 8.79. The molecule has 1 saturated carbocycles. The molecule has 1 aliphatic carbocycles. The van der Waals surface area contributed by atoms with E-state index in [1.54, 1.807) is 0 Å². The van der Waals surface area contributed by atoms with E-state index < -0.39 is 16.3 Å². The van der Waals surface area contributed by atoms with Crippen molar-refractivity contribution in [1.82, 2.24) is 13.5 Å². The highest BCUT2D eigenvalue weighted by atomic mass is 32.2. The third-order valence-electron chi connectivity index (χ3n) is 5.43. The highest BCUT2D eigenvalue weighted by Crippen LogP contribution is 2.28. The molecule has 2 aliphatic rings. The highest BCUT2D eigenvalue weighted by Gasteiger charge is 2.37. The lowest BCUT2D eigenvalue weighted by molar-refractivity contribution is -0.143. The number of hydrogen-bond acceptors (Lipinski definition) is 4. The number of carbonyl (C=O) groups excluding carboxylic acids is 1. The van der Waals surface area contributed by atoms with Crippen LogP contribution in [0.1, 0.15) is 51.9 Å². The number of aliphatic hydroxyl groups is 1. The third-order valence-corrected chi connectivity index (χ3v) is 7.37. The summed E-state index contributed by atoms with van der Waals surface area (Å²) in [7, 11) is -0.351. The first-order valence-electron chi connectivity index (χ1n) is 9.45. The summed E-state index contributed by atoms with van der Waals surface area (Å²) in [5.74, 6) is -0.0519. The standard InChI is InChI=1S/C17H33N3O4S/c1-4-11-20(15-7-5-6-8-16(15)21)17(22)14-9-12-19(13-10-14)25(23,24)18(2)3/h14-16,21H,4-13H2,1-3H3. The molecule has 7 nitrogen and oxygen atoms in total. The zero-order chi connectivity index (χ0) is 18.6. The van der Waals surface area contributed by atoms with Crippen molar-refractivity contribution >= 4 is 16.1 Å². The predicted molar refractivity (Wildman–Crippen MR) is 97.2 cm³/mol. The minimum atomic E-state index is -3.41. The molecule has 0 radical (unpaired) electrons. The fraction of sp³-hybridized carbons (Fsp3) is 0.941. The fourth-order valence-electron chi connectivity index (χ4n) is 3.93. The molecule has 0 aromatic carbocycles. The Bertz CT molecular complexity index is 544. The number of rotatable bonds is 6. The van der Waals surface area contributed by atoms with Crippen molar-refractivity contribution < 1.29 is 18.3 Å². The molecule has 1 N–H and O–H groups in total. The molecule has 2 rings (SSSR count). The van der Waals surface area contributed by atoms with Crippen LogP contribution < -0.4 is 0 Å². The van der Waals surface area contributed by atoms with Crippen molar-refractivity contribution in [2.24, 2.45) is 5.92 Å². The maximum Gasteiger partial charge on any atom is 0.281 e. The van der Waals surface area contributed by atoms with Gasteiger partial charge in [0.1, 0.15) is 0 Å². The van der Waals surface area contributed by atoms with E-state index in [0.29, 0.717) is 32.5 Å². The molecule has 1 saturated heterocycles. The van der Waals surface area contributed by atoms with E-state index in [0.717, 1.165) is 32.1 Å². The van der Waals surface area contributed by atoms with E-state index in [1.807, 2.05) is 11.8 Å². The number of piperidine rings is 1. The van der Waals surface area contributed by atoms with Gasteiger partial charge in [-0.3, -0.25) is 4.79 Å². The van der Waals surface area contributed by atoms with E-state index in [1.165, 1.54) is 22.7 Å². The lowest BCUT2D eigenvalue weighted by Crippen LogP contribution is -2.53. The predicted octanol–water partition coefficient (Wildman–Crippen LogP) is 1.05. The molecule has 146 valence electrons. The number of aliphatic hydroxyl groups excluding tert-OH is 1. The van der Waals surface area contributed by atoms with E-state index >= 15 is 0 Å². The van der Waals surface area contributed by atoms with Crippen molar-refractivity contribution in [3.05, 3.63) is 0 Å². The van der Waals surface area contributed by atoms with E-state index in [2.05, 4.69) is 0 Å². The van der Waals surface area contributed by atoms with Gasteiger partial charge in [-0.05, 0) is 32.1 Å². The second-order valence-corrected chi connectivity index (χ2v) is 9.56. The van der Waals surface area contributed by atoms with Gasteiger partial charge in [-0.25, -0.2) is 0 Å². The molecule has 0 aromatic rings. The van der Waals surface area contributed by atoms with E-state index in [4.69, 9.17) is 0 Å². The monoisotopic (exact) mass is 375 g/mol. The molecule has 25 heavy (non-hydrogen) atoms. The Balaban J connectivity index is 2.01. The molecule has 0 bridgehead atoms. The Hall–Kier alpha value is -0.700. The van der Waals surface area contributed by atoms with Gasteiger partial charge in [-0.1, -0.05) is 19.8 Å². The Morgan fingerprint density at radius 3 is 2.24 bits per heavy atom. The van der Waals surface area contributed by atoms with E-state index in [9.17, 15) is 18.3 Å². The Morgan fingerprint density at radius 1 is 1.12 bits per heavy atom. The minimum absolute atomic E-state index is 0.0789. The van der Waals surface area contributed by atoms with Crippen LogP contribution in [-0.4, -0.2) is 78.8 Å². The summed E-state index contributed by atoms with van der Waals surface area (Å²) in [4.78, 5) is 14.9. The fourth-order valence-corrected chi connectivity index (χ4v) is 5.07. The average Bonchev–Trinajstić information content (AvgIpc) is 2.60. The molecule has 8 heteroatoms. The minimum Gasteiger partial charge on any atom is -0.391 e. The Morgan fingerprint density at radius 2 is 1.72 bits per heavy atom. The van der Waals surface area contributed by atoms with Gasteiger partial charge in [0.15, 0.2) is 0 Å². The average molecular weight is 376 g/mol. The molecule has 1 aliphatic heterocycles. The summed E-state index contributed by atoms with van der Waals surface area (Å²) in [5.41, 5.74) is 0. The van der Waals surface area contributed by atoms with Gasteiger partial charge in [0.25, 0.3) is 10.2 Å². The molecule has 0 spiro atoms. The normalized spacial score (nSPS) is 26.8. The summed E-state index contributed by atoms with van der Waals surface area (Å²) < 4.78 is 27.1. The Kier molecular flexibility index (Phi) is 7.25. The van der Waals surface area contributed by atoms with Crippen LogP contribution in [0.15, 0.2) is 0 Å². The number of hydrogen-bond donors (Lipinski definition) is 1. The summed E-state index contributed by atoms with van der Waals surface area (Å²) in [6, 6.07) is -0.0789. The summed E-state index contributed by atoms with van der Waals surface area (Å²) in [6.07, 6.45) is 5.23. The van der Waals surface area contributed by atoms with Gasteiger partial charge in [0, 0.05) is 39.6 Å². The third kappa shape index (κ3) is 4.72. The topological polar surface area (TPSA) is 81.2 Å². The largest absolute Gasteiger partial charge is 0.391 e. The van der Waals surface area contributed by atoms with Crippen LogP contribution in [-0.2, 0) is 15.0 Å². The first-order chi connectivity index (χ1) is 11.8. The van der Waals surface area contributed by atoms with Gasteiger partial charge >= 0.3 is 0 Å².